The third-order valence-electron chi connectivity index (χ3n) is 3.58. The zero-order valence-electron chi connectivity index (χ0n) is 11.2. The number of carboxylic acid groups (broad SMARTS) is 1. The maximum absolute atomic E-state index is 12.4. The van der Waals surface area contributed by atoms with Crippen LogP contribution in [0.15, 0.2) is 17.2 Å². The summed E-state index contributed by atoms with van der Waals surface area (Å²) in [5.74, 6) is -1.19. The predicted molar refractivity (Wildman–Crippen MR) is 71.0 cm³/mol. The molecule has 0 saturated carbocycles. The Morgan fingerprint density at radius 2 is 2.20 bits per heavy atom. The average molecular weight is 302 g/mol. The first-order chi connectivity index (χ1) is 9.40. The molecule has 2 heterocycles. The Bertz CT molecular complexity index is 607. The molecule has 1 aliphatic heterocycles. The number of aliphatic hydroxyl groups excluding tert-OH is 1. The maximum atomic E-state index is 12.4. The summed E-state index contributed by atoms with van der Waals surface area (Å²) in [6.45, 7) is 2.73. The van der Waals surface area contributed by atoms with Crippen LogP contribution in [0.1, 0.15) is 23.8 Å². The van der Waals surface area contributed by atoms with E-state index in [9.17, 15) is 13.2 Å². The molecule has 2 rings (SSSR count). The zero-order valence-corrected chi connectivity index (χ0v) is 12.0. The van der Waals surface area contributed by atoms with Crippen LogP contribution in [0.4, 0.5) is 0 Å². The molecule has 0 spiro atoms. The van der Waals surface area contributed by atoms with Crippen LogP contribution in [0.3, 0.4) is 0 Å². The second-order valence-corrected chi connectivity index (χ2v) is 6.79. The number of carbonyl (C=O) groups is 1. The first-order valence-corrected chi connectivity index (χ1v) is 7.88. The number of nitrogens with zero attached hydrogens (tertiary/aromatic N) is 2. The number of hydrogen-bond acceptors (Lipinski definition) is 4. The van der Waals surface area contributed by atoms with E-state index in [1.54, 1.807) is 6.92 Å². The quantitative estimate of drug-likeness (QED) is 0.810. The Kier molecular flexibility index (Phi) is 4.17. The monoisotopic (exact) mass is 302 g/mol. The van der Waals surface area contributed by atoms with Gasteiger partial charge in [0.25, 0.3) is 0 Å². The van der Waals surface area contributed by atoms with Crippen LogP contribution < -0.4 is 0 Å². The fourth-order valence-electron chi connectivity index (χ4n) is 2.38. The molecular weight excluding hydrogens is 284 g/mol. The molecule has 1 saturated heterocycles. The molecule has 1 aromatic rings. The molecule has 0 aromatic carbocycles. The topological polar surface area (TPSA) is 99.8 Å². The molecule has 1 aromatic heterocycles. The van der Waals surface area contributed by atoms with Crippen molar-refractivity contribution in [1.82, 2.24) is 8.87 Å². The summed E-state index contributed by atoms with van der Waals surface area (Å²) in [6, 6.07) is 1.19. The summed E-state index contributed by atoms with van der Waals surface area (Å²) in [5.41, 5.74) is -0.0380. The smallest absolute Gasteiger partial charge is 0.352 e. The van der Waals surface area contributed by atoms with Gasteiger partial charge in [0.05, 0.1) is 0 Å². The first kappa shape index (κ1) is 15.0. The molecule has 0 amide bonds. The number of rotatable bonds is 5. The van der Waals surface area contributed by atoms with E-state index in [4.69, 9.17) is 10.2 Å². The number of hydrogen-bond donors (Lipinski definition) is 2. The standard InChI is InChI=1S/C12H18N2O5S/c1-2-13-7-10(5-11(13)12(16)17)20(18,19)14-4-3-9(6-14)8-15/h5,7,9,15H,2-4,6,8H2,1H3,(H,16,17). The second-order valence-electron chi connectivity index (χ2n) is 4.85. The average Bonchev–Trinajstić information content (AvgIpc) is 3.05. The van der Waals surface area contributed by atoms with Gasteiger partial charge in [-0.3, -0.25) is 0 Å². The Hall–Kier alpha value is -1.38. The van der Waals surface area contributed by atoms with Crippen molar-refractivity contribution in [2.24, 2.45) is 5.92 Å². The van der Waals surface area contributed by atoms with Crippen LogP contribution in [0.25, 0.3) is 0 Å². The highest BCUT2D eigenvalue weighted by molar-refractivity contribution is 7.89. The van der Waals surface area contributed by atoms with Crippen molar-refractivity contribution in [3.05, 3.63) is 18.0 Å². The lowest BCUT2D eigenvalue weighted by Gasteiger charge is -2.14. The Balaban J connectivity index is 2.33. The summed E-state index contributed by atoms with van der Waals surface area (Å²) in [7, 11) is -3.69. The molecule has 1 fully saturated rings. The van der Waals surface area contributed by atoms with Gasteiger partial charge in [0.1, 0.15) is 10.6 Å². The molecule has 1 unspecified atom stereocenters. The van der Waals surface area contributed by atoms with Crippen LogP contribution in [-0.2, 0) is 16.6 Å². The zero-order chi connectivity index (χ0) is 14.9. The van der Waals surface area contributed by atoms with Crippen molar-refractivity contribution in [3.8, 4) is 0 Å². The molecule has 0 radical (unpaired) electrons. The summed E-state index contributed by atoms with van der Waals surface area (Å²) in [5, 5.41) is 18.1. The van der Waals surface area contributed by atoms with E-state index in [1.165, 1.54) is 21.1 Å². The summed E-state index contributed by atoms with van der Waals surface area (Å²) >= 11 is 0. The van der Waals surface area contributed by atoms with Crippen molar-refractivity contribution in [1.29, 1.82) is 0 Å². The SMILES string of the molecule is CCn1cc(S(=O)(=O)N2CCC(CO)C2)cc1C(=O)O. The van der Waals surface area contributed by atoms with Gasteiger partial charge in [-0.05, 0) is 25.3 Å². The normalized spacial score (nSPS) is 20.4. The van der Waals surface area contributed by atoms with E-state index in [-0.39, 0.29) is 29.7 Å². The molecule has 1 aliphatic rings. The van der Waals surface area contributed by atoms with E-state index in [1.807, 2.05) is 0 Å². The molecule has 7 nitrogen and oxygen atoms in total. The molecule has 1 atom stereocenters. The predicted octanol–water partition coefficient (Wildman–Crippen LogP) is 0.209. The fourth-order valence-corrected chi connectivity index (χ4v) is 3.95. The van der Waals surface area contributed by atoms with Gasteiger partial charge in [-0.25, -0.2) is 13.2 Å². The largest absolute Gasteiger partial charge is 0.477 e. The highest BCUT2D eigenvalue weighted by atomic mass is 32.2. The lowest BCUT2D eigenvalue weighted by Crippen LogP contribution is -2.29. The minimum absolute atomic E-state index is 0.00432. The minimum Gasteiger partial charge on any atom is -0.477 e. The van der Waals surface area contributed by atoms with Crippen LogP contribution >= 0.6 is 0 Å². The van der Waals surface area contributed by atoms with Crippen LogP contribution in [-0.4, -0.2) is 53.2 Å². The van der Waals surface area contributed by atoms with E-state index in [2.05, 4.69) is 0 Å². The van der Waals surface area contributed by atoms with E-state index in [0.717, 1.165) is 0 Å². The second kappa shape index (κ2) is 5.55. The van der Waals surface area contributed by atoms with Gasteiger partial charge >= 0.3 is 5.97 Å². The third kappa shape index (κ3) is 2.58. The van der Waals surface area contributed by atoms with Gasteiger partial charge in [-0.2, -0.15) is 4.31 Å². The van der Waals surface area contributed by atoms with Gasteiger partial charge in [-0.15, -0.1) is 0 Å². The number of aromatic carboxylic acids is 1. The third-order valence-corrected chi connectivity index (χ3v) is 5.41. The summed E-state index contributed by atoms with van der Waals surface area (Å²) in [6.07, 6.45) is 1.97. The maximum Gasteiger partial charge on any atom is 0.352 e. The van der Waals surface area contributed by atoms with Crippen molar-refractivity contribution in [3.63, 3.8) is 0 Å². The molecule has 8 heteroatoms. The first-order valence-electron chi connectivity index (χ1n) is 6.44. The number of aliphatic hydroxyl groups is 1. The number of aryl methyl sites for hydroxylation is 1. The van der Waals surface area contributed by atoms with Gasteiger partial charge < -0.3 is 14.8 Å². The number of carboxylic acids is 1. The van der Waals surface area contributed by atoms with Gasteiger partial charge in [0.2, 0.25) is 10.0 Å². The van der Waals surface area contributed by atoms with Crippen LogP contribution in [0.5, 0.6) is 0 Å². The molecule has 2 N–H and O–H groups in total. The molecular formula is C12H18N2O5S. The van der Waals surface area contributed by atoms with Crippen LogP contribution in [0.2, 0.25) is 0 Å². The summed E-state index contributed by atoms with van der Waals surface area (Å²) in [4.78, 5) is 11.1. The van der Waals surface area contributed by atoms with E-state index < -0.39 is 16.0 Å². The van der Waals surface area contributed by atoms with Crippen molar-refractivity contribution in [2.45, 2.75) is 24.8 Å². The minimum atomic E-state index is -3.69. The van der Waals surface area contributed by atoms with Crippen molar-refractivity contribution < 1.29 is 23.4 Å². The molecule has 0 aliphatic carbocycles. The highest BCUT2D eigenvalue weighted by Gasteiger charge is 2.33. The lowest BCUT2D eigenvalue weighted by molar-refractivity contribution is 0.0685. The molecule has 0 bridgehead atoms. The Labute approximate surface area is 117 Å². The fraction of sp³-hybridized carbons (Fsp3) is 0.583. The van der Waals surface area contributed by atoms with Crippen molar-refractivity contribution >= 4 is 16.0 Å². The van der Waals surface area contributed by atoms with E-state index >= 15 is 0 Å². The number of aromatic nitrogens is 1. The van der Waals surface area contributed by atoms with Crippen molar-refractivity contribution in [2.75, 3.05) is 19.7 Å². The molecule has 20 heavy (non-hydrogen) atoms. The number of sulfonamides is 1. The lowest BCUT2D eigenvalue weighted by atomic mass is 10.1. The summed E-state index contributed by atoms with van der Waals surface area (Å²) < 4.78 is 27.6. The van der Waals surface area contributed by atoms with Gasteiger partial charge in [-0.1, -0.05) is 0 Å². The Morgan fingerprint density at radius 1 is 1.50 bits per heavy atom. The van der Waals surface area contributed by atoms with E-state index in [0.29, 0.717) is 19.5 Å². The highest BCUT2D eigenvalue weighted by Crippen LogP contribution is 2.25. The van der Waals surface area contributed by atoms with Gasteiger partial charge in [0.15, 0.2) is 0 Å². The molecule has 112 valence electrons. The van der Waals surface area contributed by atoms with Gasteiger partial charge in [0, 0.05) is 32.4 Å². The Morgan fingerprint density at radius 3 is 2.65 bits per heavy atom. The van der Waals surface area contributed by atoms with Crippen LogP contribution in [0, 0.1) is 5.92 Å².